The fraction of sp³-hybridized carbons (Fsp3) is 0.433. The second kappa shape index (κ2) is 14.6. The highest BCUT2D eigenvalue weighted by Gasteiger charge is 2.25. The molecule has 2 heterocycles. The molecule has 3 rings (SSSR count). The van der Waals surface area contributed by atoms with Gasteiger partial charge in [0.25, 0.3) is 11.5 Å². The van der Waals surface area contributed by atoms with Crippen molar-refractivity contribution in [1.29, 1.82) is 0 Å². The number of allylic oxidation sites excluding steroid dienone is 1. The van der Waals surface area contributed by atoms with Gasteiger partial charge in [0.1, 0.15) is 11.5 Å². The molecule has 232 valence electrons. The van der Waals surface area contributed by atoms with E-state index in [0.717, 1.165) is 18.6 Å². The van der Waals surface area contributed by atoms with Crippen LogP contribution >= 0.6 is 0 Å². The minimum atomic E-state index is -1.24. The fourth-order valence-corrected chi connectivity index (χ4v) is 4.10. The molecule has 0 bridgehead atoms. The molecular weight excluding hydrogens is 562 g/mol. The molecule has 3 amide bonds. The first kappa shape index (κ1) is 33.0. The number of benzene rings is 1. The van der Waals surface area contributed by atoms with Gasteiger partial charge >= 0.3 is 6.09 Å². The average molecular weight is 601 g/mol. The number of aryl methyl sites for hydroxylation is 1. The average Bonchev–Trinajstić information content (AvgIpc) is 3.26. The largest absolute Gasteiger partial charge is 0.436 e. The number of carbonyl (C=O) groups is 3. The van der Waals surface area contributed by atoms with Crippen molar-refractivity contribution in [3.8, 4) is 0 Å². The third kappa shape index (κ3) is 8.72. The van der Waals surface area contributed by atoms with Crippen molar-refractivity contribution in [3.63, 3.8) is 0 Å². The maximum Gasteiger partial charge on any atom is 0.410 e. The Morgan fingerprint density at radius 3 is 2.42 bits per heavy atom. The van der Waals surface area contributed by atoms with Crippen molar-refractivity contribution in [2.24, 2.45) is 5.92 Å². The van der Waals surface area contributed by atoms with Crippen LogP contribution in [-0.2, 0) is 27.4 Å². The van der Waals surface area contributed by atoms with Gasteiger partial charge in [0, 0.05) is 53.1 Å². The summed E-state index contributed by atoms with van der Waals surface area (Å²) in [6.07, 6.45) is 3.52. The summed E-state index contributed by atoms with van der Waals surface area (Å²) >= 11 is 0. The van der Waals surface area contributed by atoms with Crippen LogP contribution < -0.4 is 10.9 Å². The summed E-state index contributed by atoms with van der Waals surface area (Å²) in [4.78, 5) is 57.6. The number of hydrogen-bond acceptors (Lipinski definition) is 6. The summed E-state index contributed by atoms with van der Waals surface area (Å²) in [5.41, 5.74) is 0.0736. The first-order valence-electron chi connectivity index (χ1n) is 13.9. The van der Waals surface area contributed by atoms with E-state index in [1.54, 1.807) is 30.8 Å². The number of rotatable bonds is 12. The number of anilines is 1. The van der Waals surface area contributed by atoms with Gasteiger partial charge < -0.3 is 29.0 Å². The molecule has 3 aromatic rings. The summed E-state index contributed by atoms with van der Waals surface area (Å²) in [5, 5.41) is 2.55. The molecule has 0 fully saturated rings. The van der Waals surface area contributed by atoms with Crippen LogP contribution in [0.3, 0.4) is 0 Å². The SMILES string of the molecule is CC(C)CCn1c(Cn2cccc(NC(=O)[C@H](CC/C=C/C(=O)N(C)C)OC(=O)N(C)C)c2=O)nc2cc(F)c(F)cc21. The van der Waals surface area contributed by atoms with E-state index in [2.05, 4.69) is 10.3 Å². The topological polar surface area (TPSA) is 119 Å². The third-order valence-corrected chi connectivity index (χ3v) is 6.59. The number of likely N-dealkylation sites (N-methyl/N-ethyl adjacent to an activating group) is 1. The molecule has 0 aliphatic rings. The monoisotopic (exact) mass is 600 g/mol. The third-order valence-electron chi connectivity index (χ3n) is 6.59. The number of hydrogen-bond donors (Lipinski definition) is 1. The van der Waals surface area contributed by atoms with Crippen molar-refractivity contribution >= 4 is 34.6 Å². The molecule has 0 radical (unpaired) electrons. The summed E-state index contributed by atoms with van der Waals surface area (Å²) in [5.74, 6) is -2.20. The summed E-state index contributed by atoms with van der Waals surface area (Å²) in [7, 11) is 6.16. The number of nitrogens with one attached hydrogen (secondary N) is 1. The zero-order valence-electron chi connectivity index (χ0n) is 25.3. The van der Waals surface area contributed by atoms with Crippen LogP contribution in [0.25, 0.3) is 11.0 Å². The van der Waals surface area contributed by atoms with Gasteiger partial charge in [-0.15, -0.1) is 0 Å². The van der Waals surface area contributed by atoms with Crippen molar-refractivity contribution in [2.45, 2.75) is 52.3 Å². The number of fused-ring (bicyclic) bond motifs is 1. The van der Waals surface area contributed by atoms with Gasteiger partial charge in [-0.25, -0.2) is 18.6 Å². The molecular formula is C30H38F2N6O5. The predicted octanol–water partition coefficient (Wildman–Crippen LogP) is 4.00. The van der Waals surface area contributed by atoms with E-state index in [1.807, 2.05) is 13.8 Å². The molecule has 43 heavy (non-hydrogen) atoms. The van der Waals surface area contributed by atoms with Gasteiger partial charge in [-0.1, -0.05) is 19.9 Å². The number of amides is 3. The Kier molecular flexibility index (Phi) is 11.2. The number of imidazole rings is 1. The predicted molar refractivity (Wildman–Crippen MR) is 159 cm³/mol. The molecule has 0 aliphatic heterocycles. The van der Waals surface area contributed by atoms with Crippen molar-refractivity contribution in [3.05, 3.63) is 70.4 Å². The molecule has 0 saturated carbocycles. The van der Waals surface area contributed by atoms with Crippen LogP contribution in [0, 0.1) is 17.6 Å². The van der Waals surface area contributed by atoms with E-state index in [-0.39, 0.29) is 36.5 Å². The minimum absolute atomic E-state index is 0.0255. The smallest absolute Gasteiger partial charge is 0.410 e. The molecule has 2 aromatic heterocycles. The number of aromatic nitrogens is 3. The number of halogens is 2. The highest BCUT2D eigenvalue weighted by molar-refractivity contribution is 5.95. The summed E-state index contributed by atoms with van der Waals surface area (Å²) in [6, 6.07) is 5.11. The molecule has 13 heteroatoms. The standard InChI is InChI=1S/C30H38F2N6O5/c1-19(2)13-15-38-24-17-21(32)20(31)16-23(24)33-26(38)18-37-14-9-10-22(29(37)41)34-28(40)25(43-30(42)36(5)6)11-7-8-12-27(39)35(3)4/h8-10,12,14,16-17,19,25H,7,11,13,15,18H2,1-6H3,(H,34,40)/b12-8+/t25-/m0/s1. The molecule has 11 nitrogen and oxygen atoms in total. The van der Waals surface area contributed by atoms with Crippen molar-refractivity contribution in [2.75, 3.05) is 33.5 Å². The lowest BCUT2D eigenvalue weighted by molar-refractivity contribution is -0.125. The Morgan fingerprint density at radius 1 is 1.07 bits per heavy atom. The van der Waals surface area contributed by atoms with Gasteiger partial charge in [-0.05, 0) is 43.4 Å². The van der Waals surface area contributed by atoms with Crippen LogP contribution in [0.5, 0.6) is 0 Å². The second-order valence-electron chi connectivity index (χ2n) is 10.9. The van der Waals surface area contributed by atoms with E-state index in [9.17, 15) is 28.0 Å². The molecule has 1 atom stereocenters. The maximum absolute atomic E-state index is 14.1. The van der Waals surface area contributed by atoms with Crippen LogP contribution in [0.4, 0.5) is 19.3 Å². The number of carbonyl (C=O) groups excluding carboxylic acids is 3. The molecule has 0 unspecified atom stereocenters. The first-order valence-corrected chi connectivity index (χ1v) is 13.9. The van der Waals surface area contributed by atoms with Crippen LogP contribution in [0.1, 0.15) is 38.9 Å². The van der Waals surface area contributed by atoms with E-state index in [0.29, 0.717) is 23.8 Å². The van der Waals surface area contributed by atoms with Gasteiger partial charge in [0.15, 0.2) is 17.7 Å². The van der Waals surface area contributed by atoms with Gasteiger partial charge in [-0.3, -0.25) is 14.4 Å². The number of nitrogens with zero attached hydrogens (tertiary/aromatic N) is 5. The lowest BCUT2D eigenvalue weighted by atomic mass is 10.1. The van der Waals surface area contributed by atoms with Crippen LogP contribution in [0.2, 0.25) is 0 Å². The minimum Gasteiger partial charge on any atom is -0.436 e. The lowest BCUT2D eigenvalue weighted by Crippen LogP contribution is -2.37. The zero-order chi connectivity index (χ0) is 31.8. The Morgan fingerprint density at radius 2 is 1.77 bits per heavy atom. The quantitative estimate of drug-likeness (QED) is 0.314. The molecule has 0 spiro atoms. The van der Waals surface area contributed by atoms with E-state index >= 15 is 0 Å². The van der Waals surface area contributed by atoms with Crippen LogP contribution in [0.15, 0.2) is 47.4 Å². The number of ether oxygens (including phenoxy) is 1. The normalized spacial score (nSPS) is 12.1. The van der Waals surface area contributed by atoms with E-state index < -0.39 is 35.3 Å². The van der Waals surface area contributed by atoms with Gasteiger partial charge in [0.2, 0.25) is 5.91 Å². The Balaban J connectivity index is 1.86. The number of pyridine rings is 1. The Labute approximate surface area is 248 Å². The summed E-state index contributed by atoms with van der Waals surface area (Å²) in [6.45, 7) is 4.53. The molecule has 1 aromatic carbocycles. The van der Waals surface area contributed by atoms with Gasteiger partial charge in [-0.2, -0.15) is 0 Å². The van der Waals surface area contributed by atoms with Crippen LogP contribution in [-0.4, -0.2) is 76.1 Å². The molecule has 0 saturated heterocycles. The molecule has 1 N–H and O–H groups in total. The highest BCUT2D eigenvalue weighted by atomic mass is 19.2. The Bertz CT molecular complexity index is 1560. The Hall–Kier alpha value is -4.55. The first-order chi connectivity index (χ1) is 20.3. The fourth-order valence-electron chi connectivity index (χ4n) is 4.10. The maximum atomic E-state index is 14.1. The van der Waals surface area contributed by atoms with Crippen molar-refractivity contribution < 1.29 is 27.9 Å². The van der Waals surface area contributed by atoms with Gasteiger partial charge in [0.05, 0.1) is 17.6 Å². The molecule has 0 aliphatic carbocycles. The van der Waals surface area contributed by atoms with Crippen molar-refractivity contribution in [1.82, 2.24) is 23.9 Å². The summed E-state index contributed by atoms with van der Waals surface area (Å²) < 4.78 is 36.5. The lowest BCUT2D eigenvalue weighted by Gasteiger charge is -2.20. The highest BCUT2D eigenvalue weighted by Crippen LogP contribution is 2.22. The van der Waals surface area contributed by atoms with E-state index in [4.69, 9.17) is 4.74 Å². The zero-order valence-corrected chi connectivity index (χ0v) is 25.3. The second-order valence-corrected chi connectivity index (χ2v) is 10.9. The van der Waals surface area contributed by atoms with E-state index in [1.165, 1.54) is 46.8 Å².